The third-order valence-corrected chi connectivity index (χ3v) is 3.16. The summed E-state index contributed by atoms with van der Waals surface area (Å²) in [4.78, 5) is 4.15. The minimum absolute atomic E-state index is 0.343. The maximum absolute atomic E-state index is 9.48. The summed E-state index contributed by atoms with van der Waals surface area (Å²) in [5.41, 5.74) is 0.436. The van der Waals surface area contributed by atoms with E-state index >= 15 is 0 Å². The molecule has 0 atom stereocenters. The van der Waals surface area contributed by atoms with Crippen LogP contribution in [-0.2, 0) is 0 Å². The fourth-order valence-corrected chi connectivity index (χ4v) is 2.12. The third kappa shape index (κ3) is 1.51. The van der Waals surface area contributed by atoms with Crippen LogP contribution in [0.25, 0.3) is 0 Å². The number of benzene rings is 1. The van der Waals surface area contributed by atoms with E-state index in [0.29, 0.717) is 15.6 Å². The molecule has 0 fully saturated rings. The van der Waals surface area contributed by atoms with E-state index in [9.17, 15) is 9.11 Å². The molecule has 0 saturated carbocycles. The van der Waals surface area contributed by atoms with E-state index in [1.165, 1.54) is 6.07 Å². The molecule has 6 heteroatoms. The first-order chi connectivity index (χ1) is 6.09. The van der Waals surface area contributed by atoms with Crippen molar-refractivity contribution in [3.8, 4) is 0 Å². The highest BCUT2D eigenvalue weighted by Crippen LogP contribution is 2.50. The van der Waals surface area contributed by atoms with Crippen LogP contribution < -0.4 is 4.72 Å². The van der Waals surface area contributed by atoms with Gasteiger partial charge < -0.3 is 0 Å². The Morgan fingerprint density at radius 2 is 2.23 bits per heavy atom. The second kappa shape index (κ2) is 2.88. The summed E-state index contributed by atoms with van der Waals surface area (Å²) in [5, 5.41) is 0.501. The average Bonchev–Trinajstić information content (AvgIpc) is 2.02. The molecule has 4 nitrogen and oxygen atoms in total. The zero-order chi connectivity index (χ0) is 9.47. The molecule has 3 N–H and O–H groups in total. The van der Waals surface area contributed by atoms with Crippen LogP contribution in [0.15, 0.2) is 28.1 Å². The average molecular weight is 218 g/mol. The molecule has 1 heterocycles. The predicted molar refractivity (Wildman–Crippen MR) is 52.8 cm³/mol. The molecule has 1 aromatic rings. The molecule has 69 valence electrons. The van der Waals surface area contributed by atoms with Crippen molar-refractivity contribution in [1.82, 2.24) is 4.72 Å². The lowest BCUT2D eigenvalue weighted by Crippen LogP contribution is -2.21. The van der Waals surface area contributed by atoms with Gasteiger partial charge in [-0.25, -0.2) is 4.99 Å². The molecular formula is C7H6ClN2O2S. The SMILES string of the molecule is OS1(O)N[C]=Nc2cc(Cl)ccc21. The van der Waals surface area contributed by atoms with Crippen LogP contribution in [0.1, 0.15) is 0 Å². The Morgan fingerprint density at radius 1 is 1.46 bits per heavy atom. The Kier molecular flexibility index (Phi) is 1.96. The Labute approximate surface area is 81.7 Å². The summed E-state index contributed by atoms with van der Waals surface area (Å²) in [6, 6.07) is 4.67. The Bertz CT molecular complexity index is 381. The van der Waals surface area contributed by atoms with Crippen molar-refractivity contribution < 1.29 is 9.11 Å². The fourth-order valence-electron chi connectivity index (χ4n) is 1.02. The Hall–Kier alpha value is -0.750. The molecule has 1 aliphatic heterocycles. The molecule has 0 spiro atoms. The minimum atomic E-state index is -2.97. The number of hydrogen-bond acceptors (Lipinski definition) is 4. The number of rotatable bonds is 0. The lowest BCUT2D eigenvalue weighted by Gasteiger charge is -2.34. The summed E-state index contributed by atoms with van der Waals surface area (Å²) in [6.45, 7) is 0. The van der Waals surface area contributed by atoms with Crippen molar-refractivity contribution in [3.63, 3.8) is 0 Å². The Balaban J connectivity index is 2.61. The van der Waals surface area contributed by atoms with Gasteiger partial charge in [0.25, 0.3) is 0 Å². The molecule has 0 amide bonds. The lowest BCUT2D eigenvalue weighted by atomic mass is 10.3. The first-order valence-electron chi connectivity index (χ1n) is 3.40. The molecule has 1 aromatic carbocycles. The van der Waals surface area contributed by atoms with Crippen LogP contribution in [-0.4, -0.2) is 15.4 Å². The minimum Gasteiger partial charge on any atom is -0.278 e. The first-order valence-corrected chi connectivity index (χ1v) is 5.32. The van der Waals surface area contributed by atoms with Crippen LogP contribution in [0.4, 0.5) is 5.69 Å². The summed E-state index contributed by atoms with van der Waals surface area (Å²) < 4.78 is 21.2. The summed E-state index contributed by atoms with van der Waals surface area (Å²) in [6.07, 6.45) is 2.31. The van der Waals surface area contributed by atoms with E-state index in [-0.39, 0.29) is 0 Å². The van der Waals surface area contributed by atoms with E-state index in [2.05, 4.69) is 16.1 Å². The molecule has 2 rings (SSSR count). The smallest absolute Gasteiger partial charge is 0.190 e. The van der Waals surface area contributed by atoms with Gasteiger partial charge in [0.05, 0.1) is 5.69 Å². The molecule has 0 bridgehead atoms. The van der Waals surface area contributed by atoms with Gasteiger partial charge in [-0.1, -0.05) is 22.4 Å². The molecule has 1 aliphatic rings. The maximum atomic E-state index is 9.48. The van der Waals surface area contributed by atoms with Gasteiger partial charge in [0.2, 0.25) is 0 Å². The number of fused-ring (bicyclic) bond motifs is 1. The summed E-state index contributed by atoms with van der Waals surface area (Å²) in [5.74, 6) is 0. The zero-order valence-corrected chi connectivity index (χ0v) is 7.93. The van der Waals surface area contributed by atoms with Gasteiger partial charge in [0, 0.05) is 5.02 Å². The van der Waals surface area contributed by atoms with Gasteiger partial charge in [-0.15, -0.1) is 0 Å². The first kappa shape index (κ1) is 8.83. The van der Waals surface area contributed by atoms with Crippen LogP contribution in [0.3, 0.4) is 0 Å². The van der Waals surface area contributed by atoms with Crippen molar-refractivity contribution >= 4 is 34.4 Å². The van der Waals surface area contributed by atoms with Crippen molar-refractivity contribution in [1.29, 1.82) is 0 Å². The molecule has 1 radical (unpaired) electrons. The topological polar surface area (TPSA) is 64.8 Å². The quantitative estimate of drug-likeness (QED) is 0.626. The van der Waals surface area contributed by atoms with Crippen molar-refractivity contribution in [3.05, 3.63) is 23.2 Å². The normalized spacial score (nSPS) is 20.2. The fraction of sp³-hybridized carbons (Fsp3) is 0. The zero-order valence-electron chi connectivity index (χ0n) is 6.36. The molecular weight excluding hydrogens is 212 g/mol. The van der Waals surface area contributed by atoms with E-state index in [0.717, 1.165) is 0 Å². The van der Waals surface area contributed by atoms with Crippen molar-refractivity contribution in [2.24, 2.45) is 4.99 Å². The van der Waals surface area contributed by atoms with Crippen LogP contribution >= 0.6 is 22.4 Å². The lowest BCUT2D eigenvalue weighted by molar-refractivity contribution is 0.481. The van der Waals surface area contributed by atoms with Gasteiger partial charge >= 0.3 is 0 Å². The number of nitrogens with one attached hydrogen (secondary N) is 1. The van der Waals surface area contributed by atoms with Gasteiger partial charge in [-0.05, 0) is 18.2 Å². The molecule has 0 saturated heterocycles. The monoisotopic (exact) mass is 217 g/mol. The largest absolute Gasteiger partial charge is 0.278 e. The van der Waals surface area contributed by atoms with E-state index in [4.69, 9.17) is 11.6 Å². The van der Waals surface area contributed by atoms with E-state index in [1.807, 2.05) is 0 Å². The van der Waals surface area contributed by atoms with Gasteiger partial charge in [0.15, 0.2) is 6.34 Å². The van der Waals surface area contributed by atoms with E-state index < -0.39 is 10.8 Å². The van der Waals surface area contributed by atoms with Gasteiger partial charge in [-0.2, -0.15) is 0 Å². The summed E-state index contributed by atoms with van der Waals surface area (Å²) in [7, 11) is -2.97. The Morgan fingerprint density at radius 3 is 3.00 bits per heavy atom. The van der Waals surface area contributed by atoms with Crippen LogP contribution in [0, 0.1) is 0 Å². The van der Waals surface area contributed by atoms with Crippen molar-refractivity contribution in [2.45, 2.75) is 4.90 Å². The highest BCUT2D eigenvalue weighted by Gasteiger charge is 2.21. The standard InChI is InChI=1S/C7H6ClN2O2S/c8-5-1-2-7-6(3-5)9-4-10-13(7,11)12/h1-3,11-12H,(H,9,10). The number of nitrogens with zero attached hydrogens (tertiary/aromatic N) is 1. The van der Waals surface area contributed by atoms with Crippen LogP contribution in [0.5, 0.6) is 0 Å². The molecule has 0 aromatic heterocycles. The predicted octanol–water partition coefficient (Wildman–Crippen LogP) is 2.50. The summed E-state index contributed by atoms with van der Waals surface area (Å²) >= 11 is 5.71. The third-order valence-electron chi connectivity index (χ3n) is 1.59. The van der Waals surface area contributed by atoms with Gasteiger partial charge in [-0.3, -0.25) is 13.8 Å². The van der Waals surface area contributed by atoms with Crippen LogP contribution in [0.2, 0.25) is 5.02 Å². The molecule has 13 heavy (non-hydrogen) atoms. The van der Waals surface area contributed by atoms with Crippen molar-refractivity contribution in [2.75, 3.05) is 0 Å². The number of aliphatic imine (C=N–C) groups is 1. The second-order valence-corrected chi connectivity index (χ2v) is 4.66. The number of halogens is 1. The highest BCUT2D eigenvalue weighted by atomic mass is 35.5. The van der Waals surface area contributed by atoms with E-state index in [1.54, 1.807) is 12.1 Å². The van der Waals surface area contributed by atoms with Gasteiger partial charge in [0.1, 0.15) is 4.90 Å². The maximum Gasteiger partial charge on any atom is 0.190 e. The highest BCUT2D eigenvalue weighted by molar-refractivity contribution is 8.23. The molecule has 0 unspecified atom stereocenters. The molecule has 0 aliphatic carbocycles. The second-order valence-electron chi connectivity index (χ2n) is 2.49. The number of hydrogen-bond donors (Lipinski definition) is 3.